The van der Waals surface area contributed by atoms with Gasteiger partial charge in [-0.15, -0.1) is 0 Å². The molecule has 0 aromatic carbocycles. The summed E-state index contributed by atoms with van der Waals surface area (Å²) >= 11 is 0. The average Bonchev–Trinajstić information content (AvgIpc) is 3.34. The van der Waals surface area contributed by atoms with Crippen molar-refractivity contribution in [2.75, 3.05) is 17.2 Å². The number of nitrogens with one attached hydrogen (secondary N) is 2. The van der Waals surface area contributed by atoms with Crippen molar-refractivity contribution in [3.63, 3.8) is 0 Å². The molecule has 0 unspecified atom stereocenters. The van der Waals surface area contributed by atoms with Gasteiger partial charge in [-0.2, -0.15) is 10.1 Å². The van der Waals surface area contributed by atoms with Gasteiger partial charge in [0.2, 0.25) is 5.95 Å². The summed E-state index contributed by atoms with van der Waals surface area (Å²) < 4.78 is 21.2. The number of aromatic nitrogens is 4. The Morgan fingerprint density at radius 2 is 2.19 bits per heavy atom. The smallest absolute Gasteiger partial charge is 0.311 e. The summed E-state index contributed by atoms with van der Waals surface area (Å²) in [5.74, 6) is -0.590. The number of carbonyl (C=O) groups excluding carboxylic acids is 1. The molecule has 2 bridgehead atoms. The van der Waals surface area contributed by atoms with Crippen LogP contribution in [0.15, 0.2) is 30.7 Å². The van der Waals surface area contributed by atoms with Gasteiger partial charge in [0.25, 0.3) is 0 Å². The first-order chi connectivity index (χ1) is 13.0. The van der Waals surface area contributed by atoms with E-state index in [-0.39, 0.29) is 41.5 Å². The highest BCUT2D eigenvalue weighted by Gasteiger charge is 2.49. The van der Waals surface area contributed by atoms with E-state index in [0.29, 0.717) is 12.3 Å². The van der Waals surface area contributed by atoms with E-state index in [2.05, 4.69) is 37.9 Å². The largest absolute Gasteiger partial charge is 0.466 e. The van der Waals surface area contributed by atoms with E-state index in [1.165, 1.54) is 0 Å². The van der Waals surface area contributed by atoms with E-state index in [9.17, 15) is 9.18 Å². The molecule has 0 saturated heterocycles. The van der Waals surface area contributed by atoms with Gasteiger partial charge in [0.1, 0.15) is 0 Å². The lowest BCUT2D eigenvalue weighted by Gasteiger charge is -2.27. The average molecular weight is 372 g/mol. The van der Waals surface area contributed by atoms with Crippen LogP contribution in [0.25, 0.3) is 0 Å². The molecule has 2 aromatic rings. The van der Waals surface area contributed by atoms with Crippen LogP contribution in [-0.4, -0.2) is 38.4 Å². The normalized spacial score (nSPS) is 25.6. The molecule has 1 saturated carbocycles. The number of allylic oxidation sites excluding steroid dienone is 1. The lowest BCUT2D eigenvalue weighted by molar-refractivity contribution is -0.149. The molecule has 2 heterocycles. The molecule has 0 radical (unpaired) electrons. The number of anilines is 3. The molecule has 2 aliphatic carbocycles. The summed E-state index contributed by atoms with van der Waals surface area (Å²) in [4.78, 5) is 20.6. The highest BCUT2D eigenvalue weighted by molar-refractivity contribution is 5.76. The van der Waals surface area contributed by atoms with E-state index >= 15 is 0 Å². The molecule has 2 N–H and O–H groups in total. The third-order valence-electron chi connectivity index (χ3n) is 5.03. The number of nitrogens with zero attached hydrogens (tertiary/aromatic N) is 4. The summed E-state index contributed by atoms with van der Waals surface area (Å²) in [5, 5.41) is 10.2. The number of esters is 1. The summed E-state index contributed by atoms with van der Waals surface area (Å²) in [5.41, 5.74) is 0.697. The molecule has 0 amide bonds. The Hall–Kier alpha value is -2.97. The number of aryl methyl sites for hydroxylation is 1. The second-order valence-electron chi connectivity index (χ2n) is 6.81. The first-order valence-corrected chi connectivity index (χ1v) is 8.95. The summed E-state index contributed by atoms with van der Waals surface area (Å²) in [6.07, 6.45) is 9.47. The van der Waals surface area contributed by atoms with Crippen molar-refractivity contribution < 1.29 is 13.9 Å². The van der Waals surface area contributed by atoms with Crippen molar-refractivity contribution in [2.24, 2.45) is 24.8 Å². The van der Waals surface area contributed by atoms with E-state index < -0.39 is 5.82 Å². The second-order valence-corrected chi connectivity index (χ2v) is 6.81. The van der Waals surface area contributed by atoms with Gasteiger partial charge in [-0.3, -0.25) is 9.48 Å². The van der Waals surface area contributed by atoms with Crippen LogP contribution in [0.1, 0.15) is 13.3 Å². The van der Waals surface area contributed by atoms with Gasteiger partial charge in [0, 0.05) is 19.3 Å². The lowest BCUT2D eigenvalue weighted by Crippen LogP contribution is -2.39. The van der Waals surface area contributed by atoms with Crippen molar-refractivity contribution in [3.05, 3.63) is 36.6 Å². The van der Waals surface area contributed by atoms with Crippen LogP contribution >= 0.6 is 0 Å². The predicted octanol–water partition coefficient (Wildman–Crippen LogP) is 2.26. The van der Waals surface area contributed by atoms with Crippen molar-refractivity contribution in [3.8, 4) is 0 Å². The zero-order valence-electron chi connectivity index (χ0n) is 15.1. The standard InChI is InChI=1S/C18H21FN6O2/c1-3-27-17(26)14-10-4-5-11(6-10)15(14)23-16-13(19)8-20-18(24-16)22-12-7-21-25(2)9-12/h4-5,7-11,14-15H,3,6H2,1-2H3,(H2,20,22,23,24)/t10-,11+,14+,15-/m0/s1. The van der Waals surface area contributed by atoms with Crippen LogP contribution in [0.4, 0.5) is 21.8 Å². The van der Waals surface area contributed by atoms with Crippen molar-refractivity contribution in [1.29, 1.82) is 0 Å². The van der Waals surface area contributed by atoms with E-state index in [4.69, 9.17) is 4.74 Å². The molecular formula is C18H21FN6O2. The van der Waals surface area contributed by atoms with Crippen LogP contribution in [0.3, 0.4) is 0 Å². The number of ether oxygens (including phenoxy) is 1. The predicted molar refractivity (Wildman–Crippen MR) is 96.8 cm³/mol. The Labute approximate surface area is 155 Å². The molecule has 9 heteroatoms. The molecule has 8 nitrogen and oxygen atoms in total. The zero-order valence-corrected chi connectivity index (χ0v) is 15.1. The van der Waals surface area contributed by atoms with Gasteiger partial charge in [-0.05, 0) is 25.2 Å². The van der Waals surface area contributed by atoms with Gasteiger partial charge in [-0.25, -0.2) is 9.37 Å². The Morgan fingerprint density at radius 1 is 1.37 bits per heavy atom. The van der Waals surface area contributed by atoms with E-state index in [0.717, 1.165) is 12.6 Å². The number of hydrogen-bond acceptors (Lipinski definition) is 7. The monoisotopic (exact) mass is 372 g/mol. The quantitative estimate of drug-likeness (QED) is 0.593. The molecule has 4 atom stereocenters. The van der Waals surface area contributed by atoms with Crippen LogP contribution < -0.4 is 10.6 Å². The fourth-order valence-corrected chi connectivity index (χ4v) is 3.88. The highest BCUT2D eigenvalue weighted by atomic mass is 19.1. The van der Waals surface area contributed by atoms with E-state index in [1.54, 1.807) is 31.0 Å². The van der Waals surface area contributed by atoms with Crippen molar-refractivity contribution >= 4 is 23.4 Å². The topological polar surface area (TPSA) is 94.0 Å². The maximum Gasteiger partial charge on any atom is 0.311 e. The molecule has 2 aliphatic rings. The number of halogens is 1. The molecule has 1 fully saturated rings. The Morgan fingerprint density at radius 3 is 2.93 bits per heavy atom. The number of rotatable bonds is 6. The van der Waals surface area contributed by atoms with Crippen LogP contribution in [-0.2, 0) is 16.6 Å². The van der Waals surface area contributed by atoms with Crippen LogP contribution in [0, 0.1) is 23.6 Å². The van der Waals surface area contributed by atoms with Gasteiger partial charge >= 0.3 is 5.97 Å². The minimum atomic E-state index is -0.568. The van der Waals surface area contributed by atoms with Crippen LogP contribution in [0.2, 0.25) is 0 Å². The first kappa shape index (κ1) is 17.4. The van der Waals surface area contributed by atoms with Crippen LogP contribution in [0.5, 0.6) is 0 Å². The van der Waals surface area contributed by atoms with Crippen molar-refractivity contribution in [2.45, 2.75) is 19.4 Å². The molecule has 0 aliphatic heterocycles. The first-order valence-electron chi connectivity index (χ1n) is 8.95. The Kier molecular flexibility index (Phi) is 4.51. The fourth-order valence-electron chi connectivity index (χ4n) is 3.88. The maximum atomic E-state index is 14.3. The maximum absolute atomic E-state index is 14.3. The minimum Gasteiger partial charge on any atom is -0.466 e. The van der Waals surface area contributed by atoms with E-state index in [1.807, 2.05) is 0 Å². The van der Waals surface area contributed by atoms with Gasteiger partial charge in [0.05, 0.1) is 30.6 Å². The molecular weight excluding hydrogens is 351 g/mol. The SMILES string of the molecule is CCOC(=O)[C@H]1[C@@H](Nc2nc(Nc3cnn(C)c3)ncc2F)[C@@H]2C=C[C@H]1C2. The number of hydrogen-bond donors (Lipinski definition) is 2. The second kappa shape index (κ2) is 6.98. The van der Waals surface area contributed by atoms with Crippen molar-refractivity contribution in [1.82, 2.24) is 19.7 Å². The summed E-state index contributed by atoms with van der Waals surface area (Å²) in [7, 11) is 1.79. The molecule has 27 heavy (non-hydrogen) atoms. The molecule has 0 spiro atoms. The Balaban J connectivity index is 1.55. The summed E-state index contributed by atoms with van der Waals surface area (Å²) in [6, 6.07) is -0.255. The minimum absolute atomic E-state index is 0.0663. The third kappa shape index (κ3) is 3.36. The summed E-state index contributed by atoms with van der Waals surface area (Å²) in [6.45, 7) is 2.11. The Bertz CT molecular complexity index is 882. The molecule has 2 aromatic heterocycles. The lowest BCUT2D eigenvalue weighted by atomic mass is 9.89. The number of fused-ring (bicyclic) bond motifs is 2. The highest BCUT2D eigenvalue weighted by Crippen LogP contribution is 2.45. The fraction of sp³-hybridized carbons (Fsp3) is 0.444. The zero-order chi connectivity index (χ0) is 19.0. The third-order valence-corrected chi connectivity index (χ3v) is 5.03. The molecule has 142 valence electrons. The number of carbonyl (C=O) groups is 1. The molecule has 4 rings (SSSR count). The van der Waals surface area contributed by atoms with Gasteiger partial charge in [0.15, 0.2) is 11.6 Å². The van der Waals surface area contributed by atoms with Gasteiger partial charge in [-0.1, -0.05) is 12.2 Å². The van der Waals surface area contributed by atoms with Gasteiger partial charge < -0.3 is 15.4 Å².